The van der Waals surface area contributed by atoms with Crippen molar-refractivity contribution in [2.24, 2.45) is 0 Å². The van der Waals surface area contributed by atoms with Gasteiger partial charge in [0.15, 0.2) is 0 Å². The van der Waals surface area contributed by atoms with Crippen molar-refractivity contribution in [3.63, 3.8) is 0 Å². The van der Waals surface area contributed by atoms with Gasteiger partial charge < -0.3 is 15.4 Å². The summed E-state index contributed by atoms with van der Waals surface area (Å²) >= 11 is 0. The average molecular weight is 444 g/mol. The number of hydrogen-bond donors (Lipinski definition) is 2. The van der Waals surface area contributed by atoms with Crippen molar-refractivity contribution in [2.75, 3.05) is 38.2 Å². The molecule has 0 aliphatic carbocycles. The van der Waals surface area contributed by atoms with Gasteiger partial charge in [-0.1, -0.05) is 54.6 Å². The van der Waals surface area contributed by atoms with E-state index in [-0.39, 0.29) is 17.9 Å². The van der Waals surface area contributed by atoms with Crippen molar-refractivity contribution in [3.8, 4) is 0 Å². The summed E-state index contributed by atoms with van der Waals surface area (Å²) in [5.41, 5.74) is 3.77. The molecule has 1 aliphatic rings. The summed E-state index contributed by atoms with van der Waals surface area (Å²) in [6.07, 6.45) is 0. The van der Waals surface area contributed by atoms with Crippen LogP contribution in [0.3, 0.4) is 0 Å². The van der Waals surface area contributed by atoms with Gasteiger partial charge in [0, 0.05) is 36.4 Å². The van der Waals surface area contributed by atoms with E-state index in [9.17, 15) is 9.59 Å². The summed E-state index contributed by atoms with van der Waals surface area (Å²) in [6, 6.07) is 24.7. The summed E-state index contributed by atoms with van der Waals surface area (Å²) in [4.78, 5) is 27.9. The Kier molecular flexibility index (Phi) is 7.50. The number of anilines is 1. The third-order valence-corrected chi connectivity index (χ3v) is 5.91. The highest BCUT2D eigenvalue weighted by Crippen LogP contribution is 2.22. The number of carbonyl (C=O) groups excluding carboxylic acids is 2. The molecule has 0 aromatic heterocycles. The van der Waals surface area contributed by atoms with Crippen molar-refractivity contribution in [2.45, 2.75) is 13.0 Å². The average Bonchev–Trinajstić information content (AvgIpc) is 2.87. The van der Waals surface area contributed by atoms with Gasteiger partial charge in [0.05, 0.1) is 19.3 Å². The monoisotopic (exact) mass is 443 g/mol. The Labute approximate surface area is 194 Å². The van der Waals surface area contributed by atoms with Crippen molar-refractivity contribution in [1.29, 1.82) is 0 Å². The van der Waals surface area contributed by atoms with Crippen LogP contribution in [0.1, 0.15) is 37.9 Å². The van der Waals surface area contributed by atoms with Crippen molar-refractivity contribution < 1.29 is 14.3 Å². The van der Waals surface area contributed by atoms with Crippen molar-refractivity contribution >= 4 is 17.5 Å². The first-order valence-electron chi connectivity index (χ1n) is 11.2. The third-order valence-electron chi connectivity index (χ3n) is 5.91. The molecule has 1 heterocycles. The fraction of sp³-hybridized carbons (Fsp3) is 0.259. The molecule has 0 saturated carbocycles. The smallest absolute Gasteiger partial charge is 0.255 e. The lowest BCUT2D eigenvalue weighted by Crippen LogP contribution is -2.43. The van der Waals surface area contributed by atoms with Crippen LogP contribution in [0.15, 0.2) is 78.9 Å². The molecule has 1 fully saturated rings. The minimum atomic E-state index is -0.201. The van der Waals surface area contributed by atoms with Gasteiger partial charge in [-0.25, -0.2) is 0 Å². The molecule has 1 aliphatic heterocycles. The summed E-state index contributed by atoms with van der Waals surface area (Å²) in [6.45, 7) is 5.44. The molecule has 0 radical (unpaired) electrons. The normalized spacial score (nSPS) is 14.9. The zero-order chi connectivity index (χ0) is 23.0. The molecule has 6 nitrogen and oxygen atoms in total. The highest BCUT2D eigenvalue weighted by molar-refractivity contribution is 6.05. The number of morpholine rings is 1. The van der Waals surface area contributed by atoms with Crippen molar-refractivity contribution in [1.82, 2.24) is 10.2 Å². The highest BCUT2D eigenvalue weighted by atomic mass is 16.5. The lowest BCUT2D eigenvalue weighted by atomic mass is 10.0. The van der Waals surface area contributed by atoms with Gasteiger partial charge in [-0.2, -0.15) is 0 Å². The van der Waals surface area contributed by atoms with E-state index < -0.39 is 0 Å². The molecule has 2 N–H and O–H groups in total. The SMILES string of the molecule is Cc1ccc(C(=O)NCC(c2ccccc2)N2CCOCC2)cc1NC(=O)c1ccccc1. The predicted octanol–water partition coefficient (Wildman–Crippen LogP) is 4.05. The Morgan fingerprint density at radius 1 is 0.879 bits per heavy atom. The highest BCUT2D eigenvalue weighted by Gasteiger charge is 2.23. The summed E-state index contributed by atoms with van der Waals surface area (Å²) < 4.78 is 5.51. The molecule has 1 unspecified atom stereocenters. The van der Waals surface area contributed by atoms with Crippen LogP contribution >= 0.6 is 0 Å². The summed E-state index contributed by atoms with van der Waals surface area (Å²) in [5, 5.41) is 6.02. The maximum atomic E-state index is 13.0. The minimum Gasteiger partial charge on any atom is -0.379 e. The number of carbonyl (C=O) groups is 2. The molecule has 0 spiro atoms. The molecule has 2 amide bonds. The van der Waals surface area contributed by atoms with E-state index in [0.29, 0.717) is 36.6 Å². The second-order valence-corrected chi connectivity index (χ2v) is 8.13. The first-order chi connectivity index (χ1) is 16.1. The second kappa shape index (κ2) is 10.9. The van der Waals surface area contributed by atoms with E-state index in [1.165, 1.54) is 5.56 Å². The number of nitrogens with zero attached hydrogens (tertiary/aromatic N) is 1. The minimum absolute atomic E-state index is 0.0711. The Balaban J connectivity index is 1.46. The van der Waals surface area contributed by atoms with E-state index in [0.717, 1.165) is 18.7 Å². The lowest BCUT2D eigenvalue weighted by molar-refractivity contribution is 0.0162. The second-order valence-electron chi connectivity index (χ2n) is 8.13. The molecule has 33 heavy (non-hydrogen) atoms. The molecule has 3 aromatic rings. The summed E-state index contributed by atoms with van der Waals surface area (Å²) in [7, 11) is 0. The number of hydrogen-bond acceptors (Lipinski definition) is 4. The number of aryl methyl sites for hydroxylation is 1. The van der Waals surface area contributed by atoms with E-state index in [2.05, 4.69) is 27.7 Å². The van der Waals surface area contributed by atoms with Crippen LogP contribution in [-0.4, -0.2) is 49.6 Å². The molecular weight excluding hydrogens is 414 g/mol. The van der Waals surface area contributed by atoms with Crippen LogP contribution in [0.2, 0.25) is 0 Å². The molecule has 1 atom stereocenters. The van der Waals surface area contributed by atoms with Gasteiger partial charge in [-0.3, -0.25) is 14.5 Å². The molecule has 6 heteroatoms. The van der Waals surface area contributed by atoms with E-state index in [4.69, 9.17) is 4.74 Å². The molecule has 3 aromatic carbocycles. The van der Waals surface area contributed by atoms with Crippen LogP contribution in [0.5, 0.6) is 0 Å². The van der Waals surface area contributed by atoms with Crippen LogP contribution < -0.4 is 10.6 Å². The molecular formula is C27H29N3O3. The number of amides is 2. The van der Waals surface area contributed by atoms with Gasteiger partial charge in [0.2, 0.25) is 0 Å². The number of rotatable bonds is 7. The van der Waals surface area contributed by atoms with Crippen LogP contribution in [0.4, 0.5) is 5.69 Å². The standard InChI is InChI=1S/C27H29N3O3/c1-20-12-13-23(18-24(20)29-27(32)22-10-6-3-7-11-22)26(31)28-19-25(21-8-4-2-5-9-21)30-14-16-33-17-15-30/h2-13,18,25H,14-17,19H2,1H3,(H,28,31)(H,29,32). The Bertz CT molecular complexity index is 1080. The largest absolute Gasteiger partial charge is 0.379 e. The number of benzene rings is 3. The maximum absolute atomic E-state index is 13.0. The maximum Gasteiger partial charge on any atom is 0.255 e. The van der Waals surface area contributed by atoms with E-state index >= 15 is 0 Å². The van der Waals surface area contributed by atoms with Gasteiger partial charge >= 0.3 is 0 Å². The molecule has 4 rings (SSSR count). The summed E-state index contributed by atoms with van der Waals surface area (Å²) in [5.74, 6) is -0.368. The van der Waals surface area contributed by atoms with Crippen molar-refractivity contribution in [3.05, 3.63) is 101 Å². The number of ether oxygens (including phenoxy) is 1. The quantitative estimate of drug-likeness (QED) is 0.578. The van der Waals surface area contributed by atoms with E-state index in [1.54, 1.807) is 24.3 Å². The predicted molar refractivity (Wildman–Crippen MR) is 129 cm³/mol. The van der Waals surface area contributed by atoms with Crippen LogP contribution in [0.25, 0.3) is 0 Å². The Hall–Kier alpha value is -3.48. The Morgan fingerprint density at radius 3 is 2.24 bits per heavy atom. The zero-order valence-electron chi connectivity index (χ0n) is 18.8. The number of nitrogens with one attached hydrogen (secondary N) is 2. The zero-order valence-corrected chi connectivity index (χ0v) is 18.8. The van der Waals surface area contributed by atoms with E-state index in [1.807, 2.05) is 49.4 Å². The van der Waals surface area contributed by atoms with Gasteiger partial charge in [0.1, 0.15) is 0 Å². The van der Waals surface area contributed by atoms with Gasteiger partial charge in [-0.15, -0.1) is 0 Å². The van der Waals surface area contributed by atoms with Gasteiger partial charge in [-0.05, 0) is 42.3 Å². The first kappa shape index (κ1) is 22.7. The first-order valence-corrected chi connectivity index (χ1v) is 11.2. The molecule has 170 valence electrons. The van der Waals surface area contributed by atoms with Gasteiger partial charge in [0.25, 0.3) is 11.8 Å². The molecule has 0 bridgehead atoms. The topological polar surface area (TPSA) is 70.7 Å². The van der Waals surface area contributed by atoms with Crippen LogP contribution in [-0.2, 0) is 4.74 Å². The Morgan fingerprint density at radius 2 is 1.55 bits per heavy atom. The molecule has 1 saturated heterocycles. The lowest BCUT2D eigenvalue weighted by Gasteiger charge is -2.35. The third kappa shape index (κ3) is 5.86. The fourth-order valence-electron chi connectivity index (χ4n) is 4.00. The fourth-order valence-corrected chi connectivity index (χ4v) is 4.00. The van der Waals surface area contributed by atoms with Crippen LogP contribution in [0, 0.1) is 6.92 Å².